The maximum atomic E-state index is 2.82. The van der Waals surface area contributed by atoms with Crippen LogP contribution < -0.4 is 0 Å². The van der Waals surface area contributed by atoms with Gasteiger partial charge in [-0.3, -0.25) is 19.6 Å². The Morgan fingerprint density at radius 1 is 0.333 bits per heavy atom. The average molecular weight is 597 g/mol. The third kappa shape index (κ3) is 6.53. The summed E-state index contributed by atoms with van der Waals surface area (Å²) in [6, 6.07) is 36.7. The number of fused-ring (bicyclic) bond motifs is 4. The number of hydrogen-bond acceptors (Lipinski definition) is 4. The highest BCUT2D eigenvalue weighted by atomic mass is 15.2. The van der Waals surface area contributed by atoms with Crippen LogP contribution in [0.3, 0.4) is 0 Å². The Hall–Kier alpha value is -3.28. The molecule has 0 spiro atoms. The van der Waals surface area contributed by atoms with Crippen molar-refractivity contribution in [2.24, 2.45) is 5.41 Å². The van der Waals surface area contributed by atoms with E-state index in [9.17, 15) is 0 Å². The SMILES string of the molecule is c1ccc2c(c1)CCN(CC(CN1CCc3ccccc3C1)(CN1CCc3ccccc3C1)CN1CCc3ccccc3C1)C2. The third-order valence-corrected chi connectivity index (χ3v) is 11.1. The van der Waals surface area contributed by atoms with Crippen molar-refractivity contribution in [3.63, 3.8) is 0 Å². The molecule has 4 aliphatic rings. The topological polar surface area (TPSA) is 13.0 Å². The van der Waals surface area contributed by atoms with Crippen LogP contribution in [-0.4, -0.2) is 72.0 Å². The van der Waals surface area contributed by atoms with Crippen molar-refractivity contribution in [3.8, 4) is 0 Å². The summed E-state index contributed by atoms with van der Waals surface area (Å²) in [6.07, 6.45) is 4.66. The molecule has 0 N–H and O–H groups in total. The van der Waals surface area contributed by atoms with Gasteiger partial charge in [-0.15, -0.1) is 0 Å². The largest absolute Gasteiger partial charge is 0.298 e. The molecule has 4 heterocycles. The summed E-state index contributed by atoms with van der Waals surface area (Å²) in [5.41, 5.74) is 12.5. The first-order valence-corrected chi connectivity index (χ1v) is 17.3. The molecule has 4 aliphatic heterocycles. The fourth-order valence-corrected chi connectivity index (χ4v) is 8.95. The molecular weight excluding hydrogens is 548 g/mol. The second-order valence-electron chi connectivity index (χ2n) is 14.4. The molecule has 232 valence electrons. The summed E-state index contributed by atoms with van der Waals surface area (Å²) in [5, 5.41) is 0. The number of benzene rings is 4. The van der Waals surface area contributed by atoms with Crippen LogP contribution in [0.25, 0.3) is 0 Å². The van der Waals surface area contributed by atoms with Crippen LogP contribution >= 0.6 is 0 Å². The van der Waals surface area contributed by atoms with Gasteiger partial charge in [-0.05, 0) is 70.2 Å². The first kappa shape index (κ1) is 29.1. The Labute approximate surface area is 270 Å². The third-order valence-electron chi connectivity index (χ3n) is 11.1. The minimum Gasteiger partial charge on any atom is -0.298 e. The Kier molecular flexibility index (Phi) is 8.32. The molecule has 0 bridgehead atoms. The van der Waals surface area contributed by atoms with E-state index in [0.29, 0.717) is 0 Å². The zero-order valence-corrected chi connectivity index (χ0v) is 26.8. The van der Waals surface area contributed by atoms with Crippen molar-refractivity contribution in [1.82, 2.24) is 19.6 Å². The van der Waals surface area contributed by atoms with E-state index in [-0.39, 0.29) is 5.41 Å². The fraction of sp³-hybridized carbons (Fsp3) is 0.415. The standard InChI is InChI=1S/C41H48N4/c1-5-13-37-25-42(21-17-33(37)9-1)29-41(30-43-22-18-34-10-2-6-14-38(34)26-43,31-44-23-19-35-11-3-7-15-39(35)27-44)32-45-24-20-36-12-4-8-16-40(36)28-45/h1-16H,17-32H2. The predicted molar refractivity (Wildman–Crippen MR) is 184 cm³/mol. The fourth-order valence-electron chi connectivity index (χ4n) is 8.95. The van der Waals surface area contributed by atoms with Crippen molar-refractivity contribution >= 4 is 0 Å². The number of nitrogens with zero attached hydrogens (tertiary/aromatic N) is 4. The molecule has 0 atom stereocenters. The van der Waals surface area contributed by atoms with E-state index in [1.165, 1.54) is 22.3 Å². The lowest BCUT2D eigenvalue weighted by Gasteiger charge is -2.49. The molecule has 0 saturated carbocycles. The highest BCUT2D eigenvalue weighted by Crippen LogP contribution is 2.33. The van der Waals surface area contributed by atoms with Gasteiger partial charge in [0.25, 0.3) is 0 Å². The summed E-state index contributed by atoms with van der Waals surface area (Å²) in [5.74, 6) is 0. The molecule has 4 aromatic carbocycles. The Bertz CT molecular complexity index is 1380. The normalized spacial score (nSPS) is 19.4. The van der Waals surface area contributed by atoms with Crippen molar-refractivity contribution in [2.45, 2.75) is 51.9 Å². The smallest absolute Gasteiger partial charge is 0.0236 e. The van der Waals surface area contributed by atoms with Gasteiger partial charge < -0.3 is 0 Å². The van der Waals surface area contributed by atoms with Gasteiger partial charge in [0, 0.05) is 84.0 Å². The van der Waals surface area contributed by atoms with Crippen LogP contribution in [0.5, 0.6) is 0 Å². The van der Waals surface area contributed by atoms with Crippen LogP contribution in [0, 0.1) is 5.41 Å². The van der Waals surface area contributed by atoms with Crippen molar-refractivity contribution in [1.29, 1.82) is 0 Å². The summed E-state index contributed by atoms with van der Waals surface area (Å²) in [6.45, 7) is 13.5. The van der Waals surface area contributed by atoms with Gasteiger partial charge in [0.05, 0.1) is 0 Å². The van der Waals surface area contributed by atoms with Crippen LogP contribution in [-0.2, 0) is 51.9 Å². The van der Waals surface area contributed by atoms with E-state index >= 15 is 0 Å². The van der Waals surface area contributed by atoms with E-state index < -0.39 is 0 Å². The molecule has 0 saturated heterocycles. The van der Waals surface area contributed by atoms with Gasteiger partial charge in [0.2, 0.25) is 0 Å². The molecular formula is C41H48N4. The maximum Gasteiger partial charge on any atom is 0.0236 e. The second-order valence-corrected chi connectivity index (χ2v) is 14.4. The lowest BCUT2D eigenvalue weighted by atomic mass is 9.81. The molecule has 0 unspecified atom stereocenters. The molecule has 45 heavy (non-hydrogen) atoms. The Morgan fingerprint density at radius 3 is 0.800 bits per heavy atom. The summed E-state index contributed by atoms with van der Waals surface area (Å²) in [4.78, 5) is 11.3. The zero-order chi connectivity index (χ0) is 30.1. The van der Waals surface area contributed by atoms with Crippen molar-refractivity contribution in [2.75, 3.05) is 52.4 Å². The monoisotopic (exact) mass is 596 g/mol. The minimum absolute atomic E-state index is 0.136. The molecule has 0 radical (unpaired) electrons. The summed E-state index contributed by atoms with van der Waals surface area (Å²) in [7, 11) is 0. The van der Waals surface area contributed by atoms with E-state index in [4.69, 9.17) is 0 Å². The number of hydrogen-bond donors (Lipinski definition) is 0. The van der Waals surface area contributed by atoms with Gasteiger partial charge in [-0.1, -0.05) is 97.1 Å². The van der Waals surface area contributed by atoms with Gasteiger partial charge >= 0.3 is 0 Å². The van der Waals surface area contributed by atoms with Crippen LogP contribution in [0.4, 0.5) is 0 Å². The summed E-state index contributed by atoms with van der Waals surface area (Å²) >= 11 is 0. The van der Waals surface area contributed by atoms with E-state index in [1.54, 1.807) is 22.3 Å². The number of rotatable bonds is 8. The molecule has 8 rings (SSSR count). The first-order chi connectivity index (χ1) is 22.2. The van der Waals surface area contributed by atoms with Crippen LogP contribution in [0.15, 0.2) is 97.1 Å². The van der Waals surface area contributed by atoms with Gasteiger partial charge in [-0.2, -0.15) is 0 Å². The van der Waals surface area contributed by atoms with Crippen molar-refractivity contribution in [3.05, 3.63) is 142 Å². The maximum absolute atomic E-state index is 2.82. The van der Waals surface area contributed by atoms with E-state index in [0.717, 1.165) is 104 Å². The average Bonchev–Trinajstić information content (AvgIpc) is 3.08. The summed E-state index contributed by atoms with van der Waals surface area (Å²) < 4.78 is 0. The van der Waals surface area contributed by atoms with Crippen LogP contribution in [0.2, 0.25) is 0 Å². The lowest BCUT2D eigenvalue weighted by molar-refractivity contribution is 0.00931. The predicted octanol–water partition coefficient (Wildman–Crippen LogP) is 6.21. The highest BCUT2D eigenvalue weighted by molar-refractivity contribution is 5.32. The second kappa shape index (κ2) is 12.8. The molecule has 0 aliphatic carbocycles. The van der Waals surface area contributed by atoms with Gasteiger partial charge in [0.1, 0.15) is 0 Å². The molecule has 0 fully saturated rings. The van der Waals surface area contributed by atoms with Crippen molar-refractivity contribution < 1.29 is 0 Å². The van der Waals surface area contributed by atoms with Gasteiger partial charge in [-0.25, -0.2) is 0 Å². The van der Waals surface area contributed by atoms with Gasteiger partial charge in [0.15, 0.2) is 0 Å². The van der Waals surface area contributed by atoms with Crippen LogP contribution in [0.1, 0.15) is 44.5 Å². The van der Waals surface area contributed by atoms with E-state index in [2.05, 4.69) is 117 Å². The first-order valence-electron chi connectivity index (χ1n) is 17.3. The molecule has 4 aromatic rings. The van der Waals surface area contributed by atoms with E-state index in [1.807, 2.05) is 0 Å². The Morgan fingerprint density at radius 2 is 0.556 bits per heavy atom. The molecule has 0 aromatic heterocycles. The minimum atomic E-state index is 0.136. The molecule has 4 nitrogen and oxygen atoms in total. The molecule has 0 amide bonds. The molecule has 4 heteroatoms. The lowest BCUT2D eigenvalue weighted by Crippen LogP contribution is -2.58. The quantitative estimate of drug-likeness (QED) is 0.240. The zero-order valence-electron chi connectivity index (χ0n) is 26.8. The Balaban J connectivity index is 1.12. The highest BCUT2D eigenvalue weighted by Gasteiger charge is 2.40.